The van der Waals surface area contributed by atoms with Gasteiger partial charge in [0.1, 0.15) is 0 Å². The van der Waals surface area contributed by atoms with Gasteiger partial charge in [-0.15, -0.1) is 0 Å². The number of para-hydroxylation sites is 1. The fraction of sp³-hybridized carbons (Fsp3) is 0.0833. The molecule has 1 aromatic heterocycles. The second-order valence-electron chi connectivity index (χ2n) is 6.65. The van der Waals surface area contributed by atoms with Crippen molar-refractivity contribution in [2.24, 2.45) is 4.99 Å². The summed E-state index contributed by atoms with van der Waals surface area (Å²) in [5.41, 5.74) is 4.34. The van der Waals surface area contributed by atoms with E-state index in [9.17, 15) is 9.90 Å². The fourth-order valence-electron chi connectivity index (χ4n) is 3.30. The van der Waals surface area contributed by atoms with E-state index in [2.05, 4.69) is 9.98 Å². The van der Waals surface area contributed by atoms with Crippen LogP contribution in [-0.2, 0) is 11.2 Å². The van der Waals surface area contributed by atoms with Gasteiger partial charge in [-0.05, 0) is 17.5 Å². The van der Waals surface area contributed by atoms with Crippen LogP contribution in [0.2, 0.25) is 0 Å². The van der Waals surface area contributed by atoms with Gasteiger partial charge in [-0.2, -0.15) is 0 Å². The average molecular weight is 368 g/mol. The molecule has 0 fully saturated rings. The maximum absolute atomic E-state index is 12.0. The Labute approximate surface area is 163 Å². The van der Waals surface area contributed by atoms with Crippen LogP contribution in [0.3, 0.4) is 0 Å². The first-order valence-corrected chi connectivity index (χ1v) is 9.19. The number of aromatic nitrogens is 1. The summed E-state index contributed by atoms with van der Waals surface area (Å²) in [4.78, 5) is 20.0. The predicted molar refractivity (Wildman–Crippen MR) is 112 cm³/mol. The molecule has 0 amide bonds. The first kappa shape index (κ1) is 17.7. The van der Waals surface area contributed by atoms with E-state index in [0.717, 1.165) is 27.7 Å². The Morgan fingerprint density at radius 2 is 1.43 bits per heavy atom. The summed E-state index contributed by atoms with van der Waals surface area (Å²) in [6.45, 7) is 0. The number of carbonyl (C=O) groups is 1. The standard InChI is InChI=1S/C24H20N2O2/c27-24(28)22(16-20-15-19-13-7-8-14-21(19)25-20)26-23(17-9-3-1-4-10-17)18-11-5-2-6-12-18/h1-15,22,25H,16H2,(H,27,28). The molecular formula is C24H20N2O2. The Balaban J connectivity index is 1.73. The SMILES string of the molecule is O=C(O)C(Cc1cc2ccccc2[nH]1)N=C(c1ccccc1)c1ccccc1. The van der Waals surface area contributed by atoms with Gasteiger partial charge in [0.05, 0.1) is 5.71 Å². The summed E-state index contributed by atoms with van der Waals surface area (Å²) < 4.78 is 0. The molecule has 138 valence electrons. The summed E-state index contributed by atoms with van der Waals surface area (Å²) in [5, 5.41) is 10.9. The van der Waals surface area contributed by atoms with Gasteiger partial charge >= 0.3 is 5.97 Å². The Morgan fingerprint density at radius 3 is 2.00 bits per heavy atom. The first-order chi connectivity index (χ1) is 13.7. The molecule has 4 rings (SSSR count). The molecule has 4 heteroatoms. The number of carboxylic acids is 1. The van der Waals surface area contributed by atoms with Crippen LogP contribution in [0.1, 0.15) is 16.8 Å². The number of fused-ring (bicyclic) bond motifs is 1. The van der Waals surface area contributed by atoms with Gasteiger partial charge < -0.3 is 10.1 Å². The van der Waals surface area contributed by atoms with Gasteiger partial charge in [0.2, 0.25) is 0 Å². The third-order valence-electron chi connectivity index (χ3n) is 4.66. The van der Waals surface area contributed by atoms with Crippen molar-refractivity contribution < 1.29 is 9.90 Å². The normalized spacial score (nSPS) is 11.9. The molecule has 0 saturated heterocycles. The van der Waals surface area contributed by atoms with Crippen molar-refractivity contribution in [1.82, 2.24) is 4.98 Å². The van der Waals surface area contributed by atoms with Gasteiger partial charge in [-0.3, -0.25) is 4.99 Å². The summed E-state index contributed by atoms with van der Waals surface area (Å²) in [6, 6.07) is 28.4. The van der Waals surface area contributed by atoms with Crippen molar-refractivity contribution >= 4 is 22.6 Å². The third-order valence-corrected chi connectivity index (χ3v) is 4.66. The second kappa shape index (κ2) is 7.92. The number of benzene rings is 3. The van der Waals surface area contributed by atoms with Gasteiger partial charge in [0, 0.05) is 28.8 Å². The minimum Gasteiger partial charge on any atom is -0.480 e. The van der Waals surface area contributed by atoms with Crippen molar-refractivity contribution in [1.29, 1.82) is 0 Å². The molecule has 4 nitrogen and oxygen atoms in total. The van der Waals surface area contributed by atoms with Gasteiger partial charge in [0.25, 0.3) is 0 Å². The number of aliphatic imine (C=N–C) groups is 1. The van der Waals surface area contributed by atoms with Crippen molar-refractivity contribution in [3.05, 3.63) is 108 Å². The maximum atomic E-state index is 12.0. The molecule has 3 aromatic carbocycles. The smallest absolute Gasteiger partial charge is 0.328 e. The number of H-pyrrole nitrogens is 1. The molecule has 0 radical (unpaired) electrons. The number of aromatic amines is 1. The predicted octanol–water partition coefficient (Wildman–Crippen LogP) is 4.70. The van der Waals surface area contributed by atoms with E-state index in [1.807, 2.05) is 91.0 Å². The van der Waals surface area contributed by atoms with E-state index >= 15 is 0 Å². The molecule has 4 aromatic rings. The van der Waals surface area contributed by atoms with Crippen LogP contribution in [-0.4, -0.2) is 27.8 Å². The van der Waals surface area contributed by atoms with Crippen molar-refractivity contribution in [3.63, 3.8) is 0 Å². The zero-order valence-electron chi connectivity index (χ0n) is 15.2. The van der Waals surface area contributed by atoms with E-state index in [1.165, 1.54) is 0 Å². The molecule has 0 bridgehead atoms. The van der Waals surface area contributed by atoms with Crippen LogP contribution in [0.25, 0.3) is 10.9 Å². The van der Waals surface area contributed by atoms with Crippen LogP contribution in [0.4, 0.5) is 0 Å². The molecule has 1 heterocycles. The second-order valence-corrected chi connectivity index (χ2v) is 6.65. The lowest BCUT2D eigenvalue weighted by molar-refractivity contribution is -0.138. The highest BCUT2D eigenvalue weighted by atomic mass is 16.4. The molecule has 0 spiro atoms. The highest BCUT2D eigenvalue weighted by molar-refractivity contribution is 6.13. The number of hydrogen-bond acceptors (Lipinski definition) is 2. The van der Waals surface area contributed by atoms with Gasteiger partial charge in [-0.25, -0.2) is 4.79 Å². The monoisotopic (exact) mass is 368 g/mol. The minimum absolute atomic E-state index is 0.299. The Morgan fingerprint density at radius 1 is 0.857 bits per heavy atom. The third kappa shape index (κ3) is 3.86. The Hall–Kier alpha value is -3.66. The van der Waals surface area contributed by atoms with E-state index < -0.39 is 12.0 Å². The summed E-state index contributed by atoms with van der Waals surface area (Å²) in [5.74, 6) is -0.942. The van der Waals surface area contributed by atoms with E-state index in [-0.39, 0.29) is 0 Å². The topological polar surface area (TPSA) is 65.4 Å². The van der Waals surface area contributed by atoms with Crippen molar-refractivity contribution in [2.45, 2.75) is 12.5 Å². The van der Waals surface area contributed by atoms with E-state index in [1.54, 1.807) is 0 Å². The number of carboxylic acid groups (broad SMARTS) is 1. The van der Waals surface area contributed by atoms with Gasteiger partial charge in [0.15, 0.2) is 6.04 Å². The number of nitrogens with one attached hydrogen (secondary N) is 1. The van der Waals surface area contributed by atoms with Crippen LogP contribution in [0, 0.1) is 0 Å². The zero-order valence-corrected chi connectivity index (χ0v) is 15.2. The molecule has 0 aliphatic heterocycles. The highest BCUT2D eigenvalue weighted by Crippen LogP contribution is 2.18. The first-order valence-electron chi connectivity index (χ1n) is 9.19. The zero-order chi connectivity index (χ0) is 19.3. The lowest BCUT2D eigenvalue weighted by Crippen LogP contribution is -2.23. The molecule has 28 heavy (non-hydrogen) atoms. The molecule has 0 saturated carbocycles. The van der Waals surface area contributed by atoms with Crippen LogP contribution >= 0.6 is 0 Å². The lowest BCUT2D eigenvalue weighted by Gasteiger charge is -2.12. The quantitative estimate of drug-likeness (QED) is 0.485. The molecule has 1 unspecified atom stereocenters. The average Bonchev–Trinajstić information content (AvgIpc) is 3.14. The Kier molecular flexibility index (Phi) is 5.02. The van der Waals surface area contributed by atoms with Crippen LogP contribution in [0.15, 0.2) is 96.0 Å². The number of nitrogens with zero attached hydrogens (tertiary/aromatic N) is 1. The molecule has 0 aliphatic rings. The number of hydrogen-bond donors (Lipinski definition) is 2. The van der Waals surface area contributed by atoms with E-state index in [0.29, 0.717) is 12.1 Å². The maximum Gasteiger partial charge on any atom is 0.328 e. The number of rotatable bonds is 6. The summed E-state index contributed by atoms with van der Waals surface area (Å²) >= 11 is 0. The molecule has 0 aliphatic carbocycles. The van der Waals surface area contributed by atoms with Crippen LogP contribution < -0.4 is 0 Å². The van der Waals surface area contributed by atoms with Crippen LogP contribution in [0.5, 0.6) is 0 Å². The highest BCUT2D eigenvalue weighted by Gasteiger charge is 2.20. The van der Waals surface area contributed by atoms with Crippen molar-refractivity contribution in [3.8, 4) is 0 Å². The summed E-state index contributed by atoms with van der Waals surface area (Å²) in [7, 11) is 0. The van der Waals surface area contributed by atoms with Crippen molar-refractivity contribution in [2.75, 3.05) is 0 Å². The number of aliphatic carboxylic acids is 1. The fourth-order valence-corrected chi connectivity index (χ4v) is 3.30. The largest absolute Gasteiger partial charge is 0.480 e. The van der Waals surface area contributed by atoms with Gasteiger partial charge in [-0.1, -0.05) is 78.9 Å². The Bertz CT molecular complexity index is 1040. The van der Waals surface area contributed by atoms with E-state index in [4.69, 9.17) is 0 Å². The molecular weight excluding hydrogens is 348 g/mol. The minimum atomic E-state index is -0.942. The molecule has 1 atom stereocenters. The molecule has 2 N–H and O–H groups in total. The lowest BCUT2D eigenvalue weighted by atomic mass is 10.0. The summed E-state index contributed by atoms with van der Waals surface area (Å²) in [6.07, 6.45) is 0.299.